The molecule has 2 N–H and O–H groups in total. The average molecular weight is 259 g/mol. The number of nitrogens with zero attached hydrogens (tertiary/aromatic N) is 1. The Balaban J connectivity index is 2.18. The molecule has 2 aliphatic rings. The average Bonchev–Trinajstić information content (AvgIpc) is 2.73. The van der Waals surface area contributed by atoms with E-state index in [1.165, 1.54) is 10.4 Å². The maximum Gasteiger partial charge on any atom is 0.322 e. The van der Waals surface area contributed by atoms with E-state index in [1.807, 2.05) is 0 Å². The van der Waals surface area contributed by atoms with Gasteiger partial charge in [0.1, 0.15) is 5.54 Å². The van der Waals surface area contributed by atoms with Gasteiger partial charge < -0.3 is 5.32 Å². The van der Waals surface area contributed by atoms with E-state index in [0.717, 1.165) is 0 Å². The molecule has 2 saturated heterocycles. The van der Waals surface area contributed by atoms with E-state index in [2.05, 4.69) is 17.2 Å². The van der Waals surface area contributed by atoms with E-state index in [0.29, 0.717) is 6.42 Å². The highest BCUT2D eigenvalue weighted by atomic mass is 32.2. The number of carbonyl (C=O) groups is 2. The van der Waals surface area contributed by atoms with Crippen LogP contribution in [0, 0.1) is 0 Å². The highest BCUT2D eigenvalue weighted by molar-refractivity contribution is 7.89. The molecule has 0 aromatic rings. The van der Waals surface area contributed by atoms with E-state index < -0.39 is 27.5 Å². The predicted molar refractivity (Wildman–Crippen MR) is 59.6 cm³/mol. The van der Waals surface area contributed by atoms with Gasteiger partial charge in [-0.25, -0.2) is 13.2 Å². The van der Waals surface area contributed by atoms with Gasteiger partial charge >= 0.3 is 6.03 Å². The molecule has 0 aromatic carbocycles. The molecular formula is C9H13N3O4S. The number of rotatable bonds is 3. The smallest absolute Gasteiger partial charge is 0.322 e. The molecule has 2 rings (SSSR count). The summed E-state index contributed by atoms with van der Waals surface area (Å²) in [5.74, 6) is -0.627. The van der Waals surface area contributed by atoms with Gasteiger partial charge in [-0.05, 0) is 6.42 Å². The van der Waals surface area contributed by atoms with Crippen LogP contribution in [0.25, 0.3) is 0 Å². The Bertz CT molecular complexity index is 486. The minimum absolute atomic E-state index is 0.0131. The monoisotopic (exact) mass is 259 g/mol. The van der Waals surface area contributed by atoms with Crippen LogP contribution in [0.3, 0.4) is 0 Å². The number of amides is 3. The van der Waals surface area contributed by atoms with Crippen molar-refractivity contribution in [1.29, 1.82) is 0 Å². The molecule has 17 heavy (non-hydrogen) atoms. The molecule has 2 heterocycles. The van der Waals surface area contributed by atoms with Crippen LogP contribution in [0.5, 0.6) is 0 Å². The van der Waals surface area contributed by atoms with Gasteiger partial charge in [-0.1, -0.05) is 6.08 Å². The van der Waals surface area contributed by atoms with Crippen LogP contribution in [0.4, 0.5) is 4.79 Å². The van der Waals surface area contributed by atoms with E-state index >= 15 is 0 Å². The van der Waals surface area contributed by atoms with Gasteiger partial charge in [-0.3, -0.25) is 10.1 Å². The molecule has 0 bridgehead atoms. The molecule has 0 aliphatic carbocycles. The Labute approximate surface area is 98.9 Å². The lowest BCUT2D eigenvalue weighted by Gasteiger charge is -2.20. The van der Waals surface area contributed by atoms with Crippen LogP contribution in [-0.4, -0.2) is 49.0 Å². The second kappa shape index (κ2) is 3.81. The van der Waals surface area contributed by atoms with Gasteiger partial charge in [0.2, 0.25) is 10.0 Å². The Morgan fingerprint density at radius 3 is 2.71 bits per heavy atom. The second-order valence-electron chi connectivity index (χ2n) is 4.14. The third kappa shape index (κ3) is 1.93. The molecule has 2 fully saturated rings. The van der Waals surface area contributed by atoms with Gasteiger partial charge in [-0.15, -0.1) is 6.58 Å². The van der Waals surface area contributed by atoms with Crippen molar-refractivity contribution in [2.45, 2.75) is 12.0 Å². The van der Waals surface area contributed by atoms with Crippen molar-refractivity contribution < 1.29 is 18.0 Å². The summed E-state index contributed by atoms with van der Waals surface area (Å²) in [5, 5.41) is 4.61. The Hall–Kier alpha value is -1.41. The minimum atomic E-state index is -3.43. The molecule has 3 amide bonds. The quantitative estimate of drug-likeness (QED) is 0.491. The zero-order valence-corrected chi connectivity index (χ0v) is 9.92. The van der Waals surface area contributed by atoms with Crippen LogP contribution < -0.4 is 10.6 Å². The van der Waals surface area contributed by atoms with Crippen molar-refractivity contribution in [2.75, 3.05) is 18.8 Å². The van der Waals surface area contributed by atoms with Crippen molar-refractivity contribution in [1.82, 2.24) is 14.9 Å². The molecule has 94 valence electrons. The van der Waals surface area contributed by atoms with Crippen LogP contribution in [0.15, 0.2) is 12.7 Å². The first-order valence-electron chi connectivity index (χ1n) is 5.12. The Kier molecular flexibility index (Phi) is 2.70. The predicted octanol–water partition coefficient (Wildman–Crippen LogP) is -1.21. The maximum atomic E-state index is 11.8. The zero-order valence-electron chi connectivity index (χ0n) is 9.10. The molecule has 1 atom stereocenters. The molecule has 8 heteroatoms. The van der Waals surface area contributed by atoms with Crippen LogP contribution in [-0.2, 0) is 14.8 Å². The largest absolute Gasteiger partial charge is 0.322 e. The highest BCUT2D eigenvalue weighted by Crippen LogP contribution is 2.26. The summed E-state index contributed by atoms with van der Waals surface area (Å²) in [6.07, 6.45) is 1.59. The number of urea groups is 1. The molecule has 1 unspecified atom stereocenters. The summed E-state index contributed by atoms with van der Waals surface area (Å²) in [6, 6.07) is -0.571. The normalized spacial score (nSPS) is 29.4. The molecule has 1 spiro atoms. The number of sulfonamides is 1. The highest BCUT2D eigenvalue weighted by Gasteiger charge is 2.52. The molecule has 0 saturated carbocycles. The summed E-state index contributed by atoms with van der Waals surface area (Å²) >= 11 is 0. The third-order valence-corrected chi connectivity index (χ3v) is 4.73. The fourth-order valence-electron chi connectivity index (χ4n) is 2.08. The number of imide groups is 1. The van der Waals surface area contributed by atoms with Gasteiger partial charge in [0.05, 0.1) is 5.75 Å². The zero-order chi connectivity index (χ0) is 12.7. The molecule has 2 aliphatic heterocycles. The first-order valence-corrected chi connectivity index (χ1v) is 6.73. The maximum absolute atomic E-state index is 11.8. The first-order chi connectivity index (χ1) is 7.89. The Morgan fingerprint density at radius 1 is 1.47 bits per heavy atom. The molecule has 7 nitrogen and oxygen atoms in total. The van der Waals surface area contributed by atoms with E-state index in [4.69, 9.17) is 0 Å². The molecule has 0 aromatic heterocycles. The van der Waals surface area contributed by atoms with Crippen molar-refractivity contribution in [2.24, 2.45) is 0 Å². The van der Waals surface area contributed by atoms with Gasteiger partial charge in [0, 0.05) is 13.1 Å². The van der Waals surface area contributed by atoms with Gasteiger partial charge in [-0.2, -0.15) is 4.31 Å². The lowest BCUT2D eigenvalue weighted by molar-refractivity contribution is -0.123. The Morgan fingerprint density at radius 2 is 2.18 bits per heavy atom. The summed E-state index contributed by atoms with van der Waals surface area (Å²) in [5.41, 5.74) is -1.09. The van der Waals surface area contributed by atoms with E-state index in [1.54, 1.807) is 0 Å². The third-order valence-electron chi connectivity index (χ3n) is 2.97. The lowest BCUT2D eigenvalue weighted by atomic mass is 10.00. The summed E-state index contributed by atoms with van der Waals surface area (Å²) < 4.78 is 24.8. The van der Waals surface area contributed by atoms with Crippen molar-refractivity contribution in [3.05, 3.63) is 12.7 Å². The number of hydrogen-bond donors (Lipinski definition) is 2. The number of carbonyl (C=O) groups excluding carboxylic acids is 2. The van der Waals surface area contributed by atoms with Crippen LogP contribution >= 0.6 is 0 Å². The number of nitrogens with one attached hydrogen (secondary N) is 2. The molecular weight excluding hydrogens is 246 g/mol. The SMILES string of the molecule is C=CCS(=O)(=O)N1CCC2(C1)NC(=O)NC2=O. The standard InChI is InChI=1S/C9H13N3O4S/c1-2-5-17(15,16)12-4-3-9(6-12)7(13)10-8(14)11-9/h2H,1,3-6H2,(H2,10,11,13,14). The first kappa shape index (κ1) is 12.1. The summed E-state index contributed by atoms with van der Waals surface area (Å²) in [4.78, 5) is 22.7. The van der Waals surface area contributed by atoms with Crippen molar-refractivity contribution >= 4 is 22.0 Å². The fraction of sp³-hybridized carbons (Fsp3) is 0.556. The van der Waals surface area contributed by atoms with Gasteiger partial charge in [0.25, 0.3) is 5.91 Å². The molecule has 0 radical (unpaired) electrons. The number of hydrogen-bond acceptors (Lipinski definition) is 4. The van der Waals surface area contributed by atoms with E-state index in [9.17, 15) is 18.0 Å². The van der Waals surface area contributed by atoms with Crippen molar-refractivity contribution in [3.8, 4) is 0 Å². The second-order valence-corrected chi connectivity index (χ2v) is 6.15. The minimum Gasteiger partial charge on any atom is -0.322 e. The summed E-state index contributed by atoms with van der Waals surface area (Å²) in [6.45, 7) is 3.59. The van der Waals surface area contributed by atoms with Gasteiger partial charge in [0.15, 0.2) is 0 Å². The summed E-state index contributed by atoms with van der Waals surface area (Å²) in [7, 11) is -3.43. The van der Waals surface area contributed by atoms with Crippen LogP contribution in [0.1, 0.15) is 6.42 Å². The topological polar surface area (TPSA) is 95.6 Å². The van der Waals surface area contributed by atoms with Crippen molar-refractivity contribution in [3.63, 3.8) is 0 Å². The fourth-order valence-corrected chi connectivity index (χ4v) is 3.38. The lowest BCUT2D eigenvalue weighted by Crippen LogP contribution is -2.49. The van der Waals surface area contributed by atoms with Crippen LogP contribution in [0.2, 0.25) is 0 Å². The van der Waals surface area contributed by atoms with E-state index in [-0.39, 0.29) is 18.8 Å².